The quantitative estimate of drug-likeness (QED) is 0.382. The molecule has 1 amide bonds. The molecule has 1 heterocycles. The molecule has 6 nitrogen and oxygen atoms in total. The van der Waals surface area contributed by atoms with Crippen molar-refractivity contribution in [2.45, 2.75) is 19.4 Å². The summed E-state index contributed by atoms with van der Waals surface area (Å²) < 4.78 is 16.7. The van der Waals surface area contributed by atoms with Crippen molar-refractivity contribution in [2.24, 2.45) is 12.8 Å². The Morgan fingerprint density at radius 3 is 2.57 bits per heavy atom. The van der Waals surface area contributed by atoms with Crippen LogP contribution in [0, 0.1) is 17.1 Å². The lowest BCUT2D eigenvalue weighted by Crippen LogP contribution is -2.26. The number of aryl methyl sites for hydroxylation is 2. The van der Waals surface area contributed by atoms with Crippen molar-refractivity contribution in [3.05, 3.63) is 107 Å². The number of aromatic nitrogens is 2. The molecule has 0 spiro atoms. The largest absolute Gasteiger partial charge is 0.366 e. The molecule has 3 aromatic carbocycles. The van der Waals surface area contributed by atoms with Crippen LogP contribution in [-0.4, -0.2) is 22.0 Å². The van der Waals surface area contributed by atoms with Gasteiger partial charge in [-0.05, 0) is 53.8 Å². The molecule has 0 atom stereocenters. The molecule has 0 aliphatic carbocycles. The Kier molecular flexibility index (Phi) is 7.22. The van der Waals surface area contributed by atoms with Crippen LogP contribution in [0.25, 0.3) is 11.1 Å². The number of carbonyl (C=O) groups is 1. The molecular formula is C28H26FN5O. The standard InChI is InChI=1S/C28H26FN5O/c1-33-19-32-17-23(33)18-34(27-13-10-21(16-30)15-26(27)29)14-4-5-20-8-11-22(12-9-20)24-6-2-3-7-25(24)28(31)35/h2-3,6-13,15,17,19H,4-5,14,18H2,1H3,(H2,31,35). The molecule has 0 aliphatic heterocycles. The van der Waals surface area contributed by atoms with Crippen molar-refractivity contribution in [3.8, 4) is 17.2 Å². The average Bonchev–Trinajstić information content (AvgIpc) is 3.28. The first-order chi connectivity index (χ1) is 17.0. The minimum Gasteiger partial charge on any atom is -0.366 e. The summed E-state index contributed by atoms with van der Waals surface area (Å²) >= 11 is 0. The van der Waals surface area contributed by atoms with E-state index in [1.165, 1.54) is 6.07 Å². The van der Waals surface area contributed by atoms with Gasteiger partial charge in [-0.3, -0.25) is 4.79 Å². The van der Waals surface area contributed by atoms with Gasteiger partial charge in [0.05, 0.1) is 35.9 Å². The summed E-state index contributed by atoms with van der Waals surface area (Å²) in [6.45, 7) is 1.13. The number of nitrogens with two attached hydrogens (primary N) is 1. The van der Waals surface area contributed by atoms with Gasteiger partial charge in [0.15, 0.2) is 0 Å². The smallest absolute Gasteiger partial charge is 0.249 e. The van der Waals surface area contributed by atoms with Gasteiger partial charge in [0.25, 0.3) is 0 Å². The summed E-state index contributed by atoms with van der Waals surface area (Å²) in [6.07, 6.45) is 5.10. The fraction of sp³-hybridized carbons (Fsp3) is 0.179. The number of carbonyl (C=O) groups excluding carboxylic acids is 1. The first-order valence-corrected chi connectivity index (χ1v) is 11.3. The molecule has 2 N–H and O–H groups in total. The van der Waals surface area contributed by atoms with Gasteiger partial charge in [0.2, 0.25) is 5.91 Å². The molecule has 0 aliphatic rings. The van der Waals surface area contributed by atoms with Crippen molar-refractivity contribution < 1.29 is 9.18 Å². The van der Waals surface area contributed by atoms with Crippen LogP contribution >= 0.6 is 0 Å². The molecule has 0 saturated carbocycles. The SMILES string of the molecule is Cn1cncc1CN(CCCc1ccc(-c2ccccc2C(N)=O)cc1)c1ccc(C#N)cc1F. The average molecular weight is 468 g/mol. The lowest BCUT2D eigenvalue weighted by molar-refractivity contribution is 0.100. The Morgan fingerprint density at radius 2 is 1.91 bits per heavy atom. The number of hydrogen-bond donors (Lipinski definition) is 1. The van der Waals surface area contributed by atoms with Gasteiger partial charge in [-0.15, -0.1) is 0 Å². The van der Waals surface area contributed by atoms with E-state index in [-0.39, 0.29) is 0 Å². The number of nitriles is 1. The zero-order chi connectivity index (χ0) is 24.8. The monoisotopic (exact) mass is 467 g/mol. The van der Waals surface area contributed by atoms with Crippen LogP contribution in [0.5, 0.6) is 0 Å². The fourth-order valence-corrected chi connectivity index (χ4v) is 4.12. The molecule has 0 radical (unpaired) electrons. The summed E-state index contributed by atoms with van der Waals surface area (Å²) in [4.78, 5) is 17.9. The molecular weight excluding hydrogens is 441 g/mol. The van der Waals surface area contributed by atoms with E-state index in [1.807, 2.05) is 59.0 Å². The predicted octanol–water partition coefficient (Wildman–Crippen LogP) is 4.84. The van der Waals surface area contributed by atoms with E-state index in [1.54, 1.807) is 36.8 Å². The Labute approximate surface area is 204 Å². The number of imidazole rings is 1. The van der Waals surface area contributed by atoms with E-state index in [0.29, 0.717) is 29.9 Å². The van der Waals surface area contributed by atoms with Gasteiger partial charge < -0.3 is 15.2 Å². The Morgan fingerprint density at radius 1 is 1.14 bits per heavy atom. The molecule has 0 saturated heterocycles. The minimum absolute atomic E-state index is 0.296. The van der Waals surface area contributed by atoms with Crippen LogP contribution in [0.3, 0.4) is 0 Å². The van der Waals surface area contributed by atoms with E-state index >= 15 is 0 Å². The van der Waals surface area contributed by atoms with Crippen LogP contribution in [0.1, 0.15) is 33.6 Å². The fourth-order valence-electron chi connectivity index (χ4n) is 4.12. The molecule has 0 fully saturated rings. The highest BCUT2D eigenvalue weighted by molar-refractivity contribution is 5.99. The zero-order valence-electron chi connectivity index (χ0n) is 19.5. The maximum absolute atomic E-state index is 14.8. The lowest BCUT2D eigenvalue weighted by Gasteiger charge is -2.25. The number of amides is 1. The van der Waals surface area contributed by atoms with E-state index in [0.717, 1.165) is 35.2 Å². The molecule has 4 rings (SSSR count). The van der Waals surface area contributed by atoms with E-state index in [4.69, 9.17) is 11.0 Å². The first kappa shape index (κ1) is 23.7. The second kappa shape index (κ2) is 10.7. The number of hydrogen-bond acceptors (Lipinski definition) is 4. The van der Waals surface area contributed by atoms with Crippen LogP contribution in [0.2, 0.25) is 0 Å². The summed E-state index contributed by atoms with van der Waals surface area (Å²) in [5.41, 5.74) is 10.6. The maximum Gasteiger partial charge on any atom is 0.249 e. The summed E-state index contributed by atoms with van der Waals surface area (Å²) in [5, 5.41) is 9.07. The number of benzene rings is 3. The number of anilines is 1. The third-order valence-corrected chi connectivity index (χ3v) is 6.04. The van der Waals surface area contributed by atoms with Gasteiger partial charge in [-0.1, -0.05) is 42.5 Å². The van der Waals surface area contributed by atoms with Crippen molar-refractivity contribution >= 4 is 11.6 Å². The number of nitrogens with zero attached hydrogens (tertiary/aromatic N) is 4. The van der Waals surface area contributed by atoms with Crippen LogP contribution in [-0.2, 0) is 20.0 Å². The number of primary amides is 1. The Balaban J connectivity index is 1.47. The van der Waals surface area contributed by atoms with Gasteiger partial charge in [0, 0.05) is 25.4 Å². The maximum atomic E-state index is 14.8. The second-order valence-electron chi connectivity index (χ2n) is 8.41. The third kappa shape index (κ3) is 5.56. The predicted molar refractivity (Wildman–Crippen MR) is 134 cm³/mol. The normalized spacial score (nSPS) is 10.7. The van der Waals surface area contributed by atoms with Crippen LogP contribution < -0.4 is 10.6 Å². The minimum atomic E-state index is -0.451. The summed E-state index contributed by atoms with van der Waals surface area (Å²) in [5.74, 6) is -0.864. The second-order valence-corrected chi connectivity index (χ2v) is 8.41. The van der Waals surface area contributed by atoms with Crippen LogP contribution in [0.15, 0.2) is 79.3 Å². The highest BCUT2D eigenvalue weighted by Crippen LogP contribution is 2.25. The molecule has 4 aromatic rings. The van der Waals surface area contributed by atoms with Crippen molar-refractivity contribution in [1.82, 2.24) is 9.55 Å². The molecule has 0 unspecified atom stereocenters. The molecule has 35 heavy (non-hydrogen) atoms. The summed E-state index contributed by atoms with van der Waals surface area (Å²) in [7, 11) is 1.91. The first-order valence-electron chi connectivity index (χ1n) is 11.3. The van der Waals surface area contributed by atoms with E-state index in [9.17, 15) is 9.18 Å². The number of halogens is 1. The highest BCUT2D eigenvalue weighted by atomic mass is 19.1. The van der Waals surface area contributed by atoms with Gasteiger partial charge in [-0.25, -0.2) is 9.37 Å². The van der Waals surface area contributed by atoms with Gasteiger partial charge >= 0.3 is 0 Å². The van der Waals surface area contributed by atoms with Crippen molar-refractivity contribution in [2.75, 3.05) is 11.4 Å². The molecule has 0 bridgehead atoms. The lowest BCUT2D eigenvalue weighted by atomic mass is 9.97. The van der Waals surface area contributed by atoms with Gasteiger partial charge in [-0.2, -0.15) is 5.26 Å². The third-order valence-electron chi connectivity index (χ3n) is 6.04. The van der Waals surface area contributed by atoms with Crippen LogP contribution in [0.4, 0.5) is 10.1 Å². The molecule has 1 aromatic heterocycles. The molecule has 7 heteroatoms. The Bertz CT molecular complexity index is 1370. The summed E-state index contributed by atoms with van der Waals surface area (Å²) in [6, 6.07) is 21.9. The van der Waals surface area contributed by atoms with Crippen molar-refractivity contribution in [1.29, 1.82) is 5.26 Å². The topological polar surface area (TPSA) is 87.9 Å². The van der Waals surface area contributed by atoms with Gasteiger partial charge in [0.1, 0.15) is 5.82 Å². The highest BCUT2D eigenvalue weighted by Gasteiger charge is 2.15. The van der Waals surface area contributed by atoms with Crippen molar-refractivity contribution in [3.63, 3.8) is 0 Å². The zero-order valence-corrected chi connectivity index (χ0v) is 19.5. The van der Waals surface area contributed by atoms with E-state index < -0.39 is 11.7 Å². The number of rotatable bonds is 9. The van der Waals surface area contributed by atoms with E-state index in [2.05, 4.69) is 4.98 Å². The molecule has 176 valence electrons. The Hall–Kier alpha value is -4.44.